The molecule has 8 nitrogen and oxygen atoms in total. The number of hydrogen-bond acceptors (Lipinski definition) is 8. The Hall–Kier alpha value is -3.53. The largest absolute Gasteiger partial charge is 0.492 e. The smallest absolute Gasteiger partial charge is 0.338 e. The summed E-state index contributed by atoms with van der Waals surface area (Å²) < 4.78 is 16.6. The fourth-order valence-electron chi connectivity index (χ4n) is 3.94. The highest BCUT2D eigenvalue weighted by Crippen LogP contribution is 2.19. The second-order valence-electron chi connectivity index (χ2n) is 9.20. The molecule has 208 valence electrons. The van der Waals surface area contributed by atoms with Crippen LogP contribution in [0.3, 0.4) is 0 Å². The molecule has 39 heavy (non-hydrogen) atoms. The van der Waals surface area contributed by atoms with Crippen LogP contribution in [-0.2, 0) is 11.2 Å². The molecule has 4 rings (SSSR count). The minimum Gasteiger partial charge on any atom is -0.492 e. The van der Waals surface area contributed by atoms with Crippen molar-refractivity contribution in [2.24, 2.45) is 11.5 Å². The molecule has 0 unspecified atom stereocenters. The number of ether oxygens (including phenoxy) is 3. The number of carbonyl (C=O) groups excluding carboxylic acids is 1. The molecule has 6 N–H and O–H groups in total. The quantitative estimate of drug-likeness (QED) is 0.111. The average Bonchev–Trinajstić information content (AvgIpc) is 2.94. The van der Waals surface area contributed by atoms with E-state index in [-0.39, 0.29) is 17.8 Å². The highest BCUT2D eigenvalue weighted by molar-refractivity contribution is 7.80. The van der Waals surface area contributed by atoms with Gasteiger partial charge in [0.15, 0.2) is 0 Å². The minimum atomic E-state index is -0.286. The van der Waals surface area contributed by atoms with E-state index in [0.717, 1.165) is 48.6 Å². The Labute approximate surface area is 235 Å². The lowest BCUT2D eigenvalue weighted by molar-refractivity contribution is 0.0526. The van der Waals surface area contributed by atoms with Crippen LogP contribution in [-0.4, -0.2) is 50.3 Å². The van der Waals surface area contributed by atoms with Gasteiger partial charge in [-0.2, -0.15) is 0 Å². The SMILES string of the molecule is CCOC(=O)c1ccc(S)cc1.N=C(N)c1cccc(OC[C@@H](N)Cc2ccc(OC3CCNCC3)cc2)c1. The summed E-state index contributed by atoms with van der Waals surface area (Å²) in [4.78, 5) is 11.9. The molecule has 0 radical (unpaired) electrons. The average molecular weight is 551 g/mol. The predicted molar refractivity (Wildman–Crippen MR) is 157 cm³/mol. The van der Waals surface area contributed by atoms with E-state index in [9.17, 15) is 4.79 Å². The molecule has 1 heterocycles. The fourth-order valence-corrected chi connectivity index (χ4v) is 4.09. The van der Waals surface area contributed by atoms with Crippen LogP contribution in [0.1, 0.15) is 41.3 Å². The molecule has 0 bridgehead atoms. The molecule has 0 spiro atoms. The van der Waals surface area contributed by atoms with Crippen molar-refractivity contribution in [3.05, 3.63) is 89.5 Å². The van der Waals surface area contributed by atoms with Crippen LogP contribution in [0.15, 0.2) is 77.7 Å². The van der Waals surface area contributed by atoms with Gasteiger partial charge in [-0.1, -0.05) is 24.3 Å². The number of thiol groups is 1. The number of hydrogen-bond donors (Lipinski definition) is 5. The van der Waals surface area contributed by atoms with Crippen LogP contribution in [0.2, 0.25) is 0 Å². The van der Waals surface area contributed by atoms with Crippen LogP contribution >= 0.6 is 12.6 Å². The lowest BCUT2D eigenvalue weighted by atomic mass is 10.1. The van der Waals surface area contributed by atoms with Crippen LogP contribution in [0.4, 0.5) is 0 Å². The summed E-state index contributed by atoms with van der Waals surface area (Å²) in [6, 6.07) is 22.1. The zero-order chi connectivity index (χ0) is 28.0. The summed E-state index contributed by atoms with van der Waals surface area (Å²) in [7, 11) is 0. The molecule has 0 aromatic heterocycles. The van der Waals surface area contributed by atoms with E-state index in [4.69, 9.17) is 31.1 Å². The topological polar surface area (TPSA) is 133 Å². The molecular weight excluding hydrogens is 512 g/mol. The number of esters is 1. The molecule has 0 aliphatic carbocycles. The number of piperidine rings is 1. The first-order valence-corrected chi connectivity index (χ1v) is 13.5. The van der Waals surface area contributed by atoms with Gasteiger partial charge in [0.25, 0.3) is 0 Å². The highest BCUT2D eigenvalue weighted by atomic mass is 32.1. The third-order valence-electron chi connectivity index (χ3n) is 6.00. The molecule has 1 saturated heterocycles. The van der Waals surface area contributed by atoms with Gasteiger partial charge in [0, 0.05) is 16.5 Å². The van der Waals surface area contributed by atoms with Crippen LogP contribution in [0.5, 0.6) is 11.5 Å². The van der Waals surface area contributed by atoms with E-state index in [1.807, 2.05) is 24.3 Å². The van der Waals surface area contributed by atoms with Gasteiger partial charge < -0.3 is 31.0 Å². The predicted octanol–water partition coefficient (Wildman–Crippen LogP) is 4.20. The Balaban J connectivity index is 0.000000293. The summed E-state index contributed by atoms with van der Waals surface area (Å²) in [5, 5.41) is 10.8. The molecule has 0 saturated carbocycles. The van der Waals surface area contributed by atoms with Crippen LogP contribution in [0.25, 0.3) is 0 Å². The van der Waals surface area contributed by atoms with E-state index < -0.39 is 0 Å². The maximum Gasteiger partial charge on any atom is 0.338 e. The van der Waals surface area contributed by atoms with Crippen LogP contribution in [0, 0.1) is 5.41 Å². The number of rotatable bonds is 10. The standard InChI is InChI=1S/C21H28N4O2.C9H10O2S/c22-17(14-26-20-3-1-2-16(13-20)21(23)24)12-15-4-6-18(7-5-15)27-19-8-10-25-11-9-19;1-2-11-9(10)7-3-5-8(12)6-4-7/h1-7,13,17,19,25H,8-12,14,22H2,(H3,23,24);3-6,12H,2H2,1H3/t17-;/m0./s1. The number of nitrogens with one attached hydrogen (secondary N) is 2. The lowest BCUT2D eigenvalue weighted by Crippen LogP contribution is -2.34. The summed E-state index contributed by atoms with van der Waals surface area (Å²) in [6.07, 6.45) is 3.13. The number of benzene rings is 3. The first-order chi connectivity index (χ1) is 18.8. The zero-order valence-electron chi connectivity index (χ0n) is 22.3. The number of nitrogen functional groups attached to an aromatic ring is 1. The van der Waals surface area contributed by atoms with Crippen LogP contribution < -0.4 is 26.3 Å². The zero-order valence-corrected chi connectivity index (χ0v) is 23.2. The number of carbonyl (C=O) groups is 1. The third kappa shape index (κ3) is 10.6. The summed E-state index contributed by atoms with van der Waals surface area (Å²) in [5.74, 6) is 1.32. The molecule has 1 aliphatic rings. The number of nitrogens with two attached hydrogens (primary N) is 2. The van der Waals surface area contributed by atoms with E-state index in [0.29, 0.717) is 36.2 Å². The second kappa shape index (κ2) is 15.8. The minimum absolute atomic E-state index is 0.0246. The van der Waals surface area contributed by atoms with Gasteiger partial charge in [0.2, 0.25) is 0 Å². The van der Waals surface area contributed by atoms with Gasteiger partial charge in [0.1, 0.15) is 30.0 Å². The maximum absolute atomic E-state index is 11.1. The van der Waals surface area contributed by atoms with Crippen molar-refractivity contribution in [1.29, 1.82) is 5.41 Å². The highest BCUT2D eigenvalue weighted by Gasteiger charge is 2.14. The lowest BCUT2D eigenvalue weighted by Gasteiger charge is -2.24. The molecular formula is C30H38N4O4S. The first-order valence-electron chi connectivity index (χ1n) is 13.1. The van der Waals surface area contributed by atoms with E-state index in [1.165, 1.54) is 0 Å². The molecule has 1 fully saturated rings. The van der Waals surface area contributed by atoms with Crippen molar-refractivity contribution < 1.29 is 19.0 Å². The molecule has 0 amide bonds. The molecule has 3 aromatic carbocycles. The van der Waals surface area contributed by atoms with Crippen molar-refractivity contribution in [2.45, 2.75) is 43.2 Å². The summed E-state index contributed by atoms with van der Waals surface area (Å²) in [6.45, 7) is 4.63. The van der Waals surface area contributed by atoms with Gasteiger partial charge in [-0.25, -0.2) is 4.79 Å². The van der Waals surface area contributed by atoms with E-state index >= 15 is 0 Å². The molecule has 9 heteroatoms. The Bertz CT molecular complexity index is 1180. The van der Waals surface area contributed by atoms with Crippen molar-refractivity contribution in [3.8, 4) is 11.5 Å². The Kier molecular flexibility index (Phi) is 12.1. The maximum atomic E-state index is 11.1. The van der Waals surface area contributed by atoms with Gasteiger partial charge >= 0.3 is 5.97 Å². The molecule has 1 atom stereocenters. The van der Waals surface area contributed by atoms with Crippen molar-refractivity contribution in [1.82, 2.24) is 5.32 Å². The summed E-state index contributed by atoms with van der Waals surface area (Å²) in [5.41, 5.74) is 14.1. The Morgan fingerprint density at radius 1 is 1.03 bits per heavy atom. The molecule has 1 aliphatic heterocycles. The number of amidine groups is 1. The normalized spacial score (nSPS) is 13.9. The van der Waals surface area contributed by atoms with Crippen molar-refractivity contribution in [2.75, 3.05) is 26.3 Å². The molecule has 3 aromatic rings. The van der Waals surface area contributed by atoms with E-state index in [2.05, 4.69) is 30.1 Å². The van der Waals surface area contributed by atoms with Gasteiger partial charge in [-0.05, 0) is 93.4 Å². The summed E-state index contributed by atoms with van der Waals surface area (Å²) >= 11 is 4.10. The van der Waals surface area contributed by atoms with Crippen molar-refractivity contribution in [3.63, 3.8) is 0 Å². The van der Waals surface area contributed by atoms with E-state index in [1.54, 1.807) is 43.3 Å². The fraction of sp³-hybridized carbons (Fsp3) is 0.333. The second-order valence-corrected chi connectivity index (χ2v) is 9.71. The first kappa shape index (κ1) is 30.0. The monoisotopic (exact) mass is 550 g/mol. The van der Waals surface area contributed by atoms with Crippen molar-refractivity contribution >= 4 is 24.4 Å². The Morgan fingerprint density at radius 2 is 1.72 bits per heavy atom. The Morgan fingerprint density at radius 3 is 2.36 bits per heavy atom. The van der Waals surface area contributed by atoms with Gasteiger partial charge in [-0.15, -0.1) is 12.6 Å². The van der Waals surface area contributed by atoms with Gasteiger partial charge in [-0.3, -0.25) is 5.41 Å². The van der Waals surface area contributed by atoms with Gasteiger partial charge in [0.05, 0.1) is 12.2 Å². The third-order valence-corrected chi connectivity index (χ3v) is 6.30.